The molecule has 6 heteroatoms. The normalized spacial score (nSPS) is 16.5. The third-order valence-electron chi connectivity index (χ3n) is 2.88. The molecule has 98 valence electrons. The molecule has 2 aromatic rings. The van der Waals surface area contributed by atoms with E-state index in [0.29, 0.717) is 10.8 Å². The van der Waals surface area contributed by atoms with Crippen LogP contribution in [0.4, 0.5) is 0 Å². The Bertz CT molecular complexity index is 726. The second-order valence-electron chi connectivity index (χ2n) is 4.16. The molecule has 0 atom stereocenters. The van der Waals surface area contributed by atoms with E-state index < -0.39 is 10.3 Å². The molecular weight excluding hydrogens is 286 g/mol. The molecule has 1 N–H and O–H groups in total. The highest BCUT2D eigenvalue weighted by atomic mass is 35.5. The van der Waals surface area contributed by atoms with Crippen LogP contribution in [0.2, 0.25) is 5.02 Å². The quantitative estimate of drug-likeness (QED) is 0.880. The van der Waals surface area contributed by atoms with Crippen LogP contribution < -0.4 is 8.91 Å². The predicted molar refractivity (Wildman–Crippen MR) is 73.3 cm³/mol. The van der Waals surface area contributed by atoms with Crippen LogP contribution in [0.5, 0.6) is 5.75 Å². The Hall–Kier alpha value is -1.56. The third-order valence-corrected chi connectivity index (χ3v) is 4.02. The van der Waals surface area contributed by atoms with Crippen LogP contribution in [0.1, 0.15) is 5.56 Å². The molecule has 3 rings (SSSR count). The molecule has 0 aliphatic carbocycles. The molecule has 0 amide bonds. The number of halogens is 1. The van der Waals surface area contributed by atoms with Gasteiger partial charge in [-0.05, 0) is 17.7 Å². The summed E-state index contributed by atoms with van der Waals surface area (Å²) >= 11 is 5.85. The molecule has 0 radical (unpaired) electrons. The summed E-state index contributed by atoms with van der Waals surface area (Å²) in [5.41, 5.74) is 2.40. The minimum absolute atomic E-state index is 0.235. The first-order valence-electron chi connectivity index (χ1n) is 5.62. The zero-order valence-corrected chi connectivity index (χ0v) is 11.3. The summed E-state index contributed by atoms with van der Waals surface area (Å²) in [4.78, 5) is 0. The van der Waals surface area contributed by atoms with Gasteiger partial charge >= 0.3 is 10.3 Å². The average molecular weight is 296 g/mol. The Kier molecular flexibility index (Phi) is 2.97. The lowest BCUT2D eigenvalue weighted by Gasteiger charge is -2.20. The zero-order valence-electron chi connectivity index (χ0n) is 9.76. The van der Waals surface area contributed by atoms with Crippen LogP contribution in [0.3, 0.4) is 0 Å². The Labute approximate surface area is 116 Å². The van der Waals surface area contributed by atoms with Crippen molar-refractivity contribution < 1.29 is 12.6 Å². The van der Waals surface area contributed by atoms with E-state index in [2.05, 4.69) is 4.72 Å². The molecule has 0 unspecified atom stereocenters. The van der Waals surface area contributed by atoms with Gasteiger partial charge < -0.3 is 4.18 Å². The number of nitrogens with one attached hydrogen (secondary N) is 1. The fraction of sp³-hybridized carbons (Fsp3) is 0.0769. The fourth-order valence-corrected chi connectivity index (χ4v) is 2.92. The van der Waals surface area contributed by atoms with Crippen molar-refractivity contribution >= 4 is 21.9 Å². The fourth-order valence-electron chi connectivity index (χ4n) is 1.98. The van der Waals surface area contributed by atoms with E-state index in [4.69, 9.17) is 15.8 Å². The monoisotopic (exact) mass is 295 g/mol. The van der Waals surface area contributed by atoms with Crippen LogP contribution in [0, 0.1) is 0 Å². The molecule has 19 heavy (non-hydrogen) atoms. The lowest BCUT2D eigenvalue weighted by atomic mass is 10.0. The summed E-state index contributed by atoms with van der Waals surface area (Å²) in [5, 5.41) is 0.628. The van der Waals surface area contributed by atoms with E-state index in [1.54, 1.807) is 12.1 Å². The Morgan fingerprint density at radius 3 is 2.58 bits per heavy atom. The second-order valence-corrected chi connectivity index (χ2v) is 5.96. The molecule has 0 aromatic heterocycles. The van der Waals surface area contributed by atoms with Gasteiger partial charge in [-0.2, -0.15) is 13.1 Å². The summed E-state index contributed by atoms with van der Waals surface area (Å²) in [6.07, 6.45) is 0. The van der Waals surface area contributed by atoms with Crippen molar-refractivity contribution in [3.05, 3.63) is 53.1 Å². The first-order valence-corrected chi connectivity index (χ1v) is 7.41. The number of fused-ring (bicyclic) bond motifs is 1. The number of hydrogen-bond acceptors (Lipinski definition) is 3. The molecule has 1 heterocycles. The smallest absolute Gasteiger partial charge is 0.370 e. The Morgan fingerprint density at radius 1 is 1.11 bits per heavy atom. The van der Waals surface area contributed by atoms with Crippen molar-refractivity contribution in [1.82, 2.24) is 4.72 Å². The van der Waals surface area contributed by atoms with Gasteiger partial charge in [0.1, 0.15) is 0 Å². The van der Waals surface area contributed by atoms with E-state index in [1.807, 2.05) is 30.3 Å². The standard InChI is InChI=1S/C13H10ClNO3S/c14-11-6-4-9(5-7-11)12-3-1-2-10-8-15-19(16,17)18-13(10)12/h1-7,15H,8H2. The van der Waals surface area contributed by atoms with Crippen molar-refractivity contribution in [1.29, 1.82) is 0 Å². The van der Waals surface area contributed by atoms with Gasteiger partial charge in [-0.3, -0.25) is 0 Å². The number of para-hydroxylation sites is 1. The maximum absolute atomic E-state index is 11.5. The highest BCUT2D eigenvalue weighted by molar-refractivity contribution is 7.85. The summed E-state index contributed by atoms with van der Waals surface area (Å²) in [6.45, 7) is 0.235. The lowest BCUT2D eigenvalue weighted by Crippen LogP contribution is -2.32. The van der Waals surface area contributed by atoms with Gasteiger partial charge in [0.05, 0.1) is 0 Å². The summed E-state index contributed by atoms with van der Waals surface area (Å²) in [6, 6.07) is 12.7. The minimum atomic E-state index is -3.71. The molecular formula is C13H10ClNO3S. The number of benzene rings is 2. The second kappa shape index (κ2) is 4.52. The molecule has 0 saturated heterocycles. The molecule has 0 fully saturated rings. The molecule has 0 spiro atoms. The maximum atomic E-state index is 11.5. The summed E-state index contributed by atoms with van der Waals surface area (Å²) < 4.78 is 30.4. The first-order chi connectivity index (χ1) is 9.05. The SMILES string of the molecule is O=S1(=O)NCc2cccc(-c3ccc(Cl)cc3)c2O1. The van der Waals surface area contributed by atoms with Crippen molar-refractivity contribution in [3.8, 4) is 16.9 Å². The van der Waals surface area contributed by atoms with Gasteiger partial charge in [-0.15, -0.1) is 0 Å². The van der Waals surface area contributed by atoms with Crippen LogP contribution in [-0.4, -0.2) is 8.42 Å². The third kappa shape index (κ3) is 2.45. The van der Waals surface area contributed by atoms with Crippen molar-refractivity contribution in [3.63, 3.8) is 0 Å². The van der Waals surface area contributed by atoms with Crippen LogP contribution in [0.25, 0.3) is 11.1 Å². The number of hydrogen-bond donors (Lipinski definition) is 1. The first kappa shape index (κ1) is 12.5. The molecule has 1 aliphatic heterocycles. The van der Waals surface area contributed by atoms with E-state index in [-0.39, 0.29) is 6.54 Å². The average Bonchev–Trinajstić information content (AvgIpc) is 2.38. The highest BCUT2D eigenvalue weighted by Gasteiger charge is 2.24. The Morgan fingerprint density at radius 2 is 1.84 bits per heavy atom. The maximum Gasteiger partial charge on any atom is 0.382 e. The predicted octanol–water partition coefficient (Wildman–Crippen LogP) is 2.73. The van der Waals surface area contributed by atoms with Gasteiger partial charge in [0.25, 0.3) is 0 Å². The zero-order chi connectivity index (χ0) is 13.5. The minimum Gasteiger partial charge on any atom is -0.370 e. The summed E-state index contributed by atoms with van der Waals surface area (Å²) in [7, 11) is -3.71. The number of rotatable bonds is 1. The molecule has 0 bridgehead atoms. The lowest BCUT2D eigenvalue weighted by molar-refractivity contribution is 0.454. The van der Waals surface area contributed by atoms with E-state index in [9.17, 15) is 8.42 Å². The molecule has 0 saturated carbocycles. The highest BCUT2D eigenvalue weighted by Crippen LogP contribution is 2.36. The molecule has 1 aliphatic rings. The topological polar surface area (TPSA) is 55.4 Å². The van der Waals surface area contributed by atoms with Gasteiger partial charge in [-0.25, -0.2) is 0 Å². The van der Waals surface area contributed by atoms with E-state index in [1.165, 1.54) is 0 Å². The van der Waals surface area contributed by atoms with Crippen LogP contribution >= 0.6 is 11.6 Å². The van der Waals surface area contributed by atoms with E-state index in [0.717, 1.165) is 16.7 Å². The van der Waals surface area contributed by atoms with Gasteiger partial charge in [-0.1, -0.05) is 41.9 Å². The van der Waals surface area contributed by atoms with Crippen molar-refractivity contribution in [2.75, 3.05) is 0 Å². The van der Waals surface area contributed by atoms with Crippen molar-refractivity contribution in [2.24, 2.45) is 0 Å². The Balaban J connectivity index is 2.15. The van der Waals surface area contributed by atoms with E-state index >= 15 is 0 Å². The molecule has 4 nitrogen and oxygen atoms in total. The van der Waals surface area contributed by atoms with Gasteiger partial charge in [0.2, 0.25) is 0 Å². The van der Waals surface area contributed by atoms with Crippen LogP contribution in [-0.2, 0) is 16.8 Å². The summed E-state index contributed by atoms with van der Waals surface area (Å²) in [5.74, 6) is 0.378. The van der Waals surface area contributed by atoms with Crippen molar-refractivity contribution in [2.45, 2.75) is 6.54 Å². The van der Waals surface area contributed by atoms with Gasteiger partial charge in [0, 0.05) is 22.7 Å². The van der Waals surface area contributed by atoms with Crippen LogP contribution in [0.15, 0.2) is 42.5 Å². The van der Waals surface area contributed by atoms with Gasteiger partial charge in [0.15, 0.2) is 5.75 Å². The largest absolute Gasteiger partial charge is 0.382 e. The molecule has 2 aromatic carbocycles.